The third kappa shape index (κ3) is 4.10. The quantitative estimate of drug-likeness (QED) is 0.269. The van der Waals surface area contributed by atoms with Crippen LogP contribution in [0.15, 0.2) is 101 Å². The number of allylic oxidation sites excluding steroid dienone is 2. The second-order valence-corrected chi connectivity index (χ2v) is 11.0. The predicted octanol–water partition coefficient (Wildman–Crippen LogP) is 5.49. The van der Waals surface area contributed by atoms with E-state index >= 15 is 0 Å². The van der Waals surface area contributed by atoms with Gasteiger partial charge in [-0.2, -0.15) is 0 Å². The van der Waals surface area contributed by atoms with Crippen LogP contribution in [-0.4, -0.2) is 47.5 Å². The van der Waals surface area contributed by atoms with Gasteiger partial charge < -0.3 is 9.64 Å². The molecule has 200 valence electrons. The molecule has 0 spiro atoms. The third-order valence-corrected chi connectivity index (χ3v) is 8.58. The summed E-state index contributed by atoms with van der Waals surface area (Å²) in [6, 6.07) is 18.7. The molecule has 0 N–H and O–H groups in total. The van der Waals surface area contributed by atoms with E-state index in [1.165, 1.54) is 7.11 Å². The molecule has 9 heteroatoms. The van der Waals surface area contributed by atoms with E-state index in [1.807, 2.05) is 6.07 Å². The van der Waals surface area contributed by atoms with Crippen molar-refractivity contribution in [2.45, 2.75) is 12.1 Å². The summed E-state index contributed by atoms with van der Waals surface area (Å²) >= 11 is 9.82. The van der Waals surface area contributed by atoms with Gasteiger partial charge in [0.05, 0.1) is 40.2 Å². The summed E-state index contributed by atoms with van der Waals surface area (Å²) in [7, 11) is 1.53. The number of benzene rings is 3. The Labute approximate surface area is 243 Å². The summed E-state index contributed by atoms with van der Waals surface area (Å²) in [5.74, 6) is -2.79. The first-order chi connectivity index (χ1) is 19.3. The fourth-order valence-electron chi connectivity index (χ4n) is 5.81. The van der Waals surface area contributed by atoms with Crippen LogP contribution in [0.1, 0.15) is 20.7 Å². The third-order valence-electron chi connectivity index (χ3n) is 7.64. The summed E-state index contributed by atoms with van der Waals surface area (Å²) in [5.41, 5.74) is 1.53. The van der Waals surface area contributed by atoms with E-state index in [2.05, 4.69) is 15.9 Å². The number of methoxy groups -OCH3 is 1. The number of ketones is 2. The van der Waals surface area contributed by atoms with Crippen LogP contribution < -0.4 is 9.64 Å². The Morgan fingerprint density at radius 2 is 1.60 bits per heavy atom. The van der Waals surface area contributed by atoms with Crippen LogP contribution in [0.25, 0.3) is 0 Å². The Morgan fingerprint density at radius 1 is 0.900 bits per heavy atom. The molecule has 2 saturated heterocycles. The number of anilines is 1. The van der Waals surface area contributed by atoms with Crippen molar-refractivity contribution in [3.05, 3.63) is 117 Å². The van der Waals surface area contributed by atoms with Gasteiger partial charge in [0.25, 0.3) is 0 Å². The van der Waals surface area contributed by atoms with Gasteiger partial charge in [-0.3, -0.25) is 19.2 Å². The molecular formula is C31H22BrClN2O5. The van der Waals surface area contributed by atoms with Crippen molar-refractivity contribution in [1.82, 2.24) is 4.90 Å². The Hall–Kier alpha value is -4.01. The summed E-state index contributed by atoms with van der Waals surface area (Å²) < 4.78 is 5.89. The molecule has 0 bridgehead atoms. The topological polar surface area (TPSA) is 84.0 Å². The SMILES string of the molecule is COc1ccc(C(=O)C2C3C(=O)N(c4ccccc4Cl)C(=O)C3C3C=C(C(=O)c4ccccc4)C=CN32)cc1Br. The fraction of sp³-hybridized carbons (Fsp3) is 0.161. The Bertz CT molecular complexity index is 1640. The highest BCUT2D eigenvalue weighted by Gasteiger charge is 2.63. The maximum absolute atomic E-state index is 14.1. The summed E-state index contributed by atoms with van der Waals surface area (Å²) in [4.78, 5) is 58.1. The minimum absolute atomic E-state index is 0.207. The minimum atomic E-state index is -0.978. The molecule has 0 aromatic heterocycles. The van der Waals surface area contributed by atoms with Crippen molar-refractivity contribution in [1.29, 1.82) is 0 Å². The van der Waals surface area contributed by atoms with E-state index in [9.17, 15) is 19.2 Å². The number of hydrogen-bond acceptors (Lipinski definition) is 6. The molecule has 6 rings (SSSR count). The second-order valence-electron chi connectivity index (χ2n) is 9.74. The molecular weight excluding hydrogens is 596 g/mol. The van der Waals surface area contributed by atoms with Crippen molar-refractivity contribution in [3.63, 3.8) is 0 Å². The number of fused-ring (bicyclic) bond motifs is 3. The molecule has 4 unspecified atom stereocenters. The zero-order valence-corrected chi connectivity index (χ0v) is 23.5. The Balaban J connectivity index is 1.44. The van der Waals surface area contributed by atoms with Crippen LogP contribution in [0, 0.1) is 11.8 Å². The van der Waals surface area contributed by atoms with E-state index < -0.39 is 35.7 Å². The highest BCUT2D eigenvalue weighted by Crippen LogP contribution is 2.48. The van der Waals surface area contributed by atoms with Gasteiger partial charge in [-0.05, 0) is 52.3 Å². The molecule has 0 aliphatic carbocycles. The lowest BCUT2D eigenvalue weighted by Gasteiger charge is -2.33. The molecule has 0 saturated carbocycles. The molecule has 3 heterocycles. The number of hydrogen-bond donors (Lipinski definition) is 0. The highest BCUT2D eigenvalue weighted by molar-refractivity contribution is 9.10. The zero-order valence-electron chi connectivity index (χ0n) is 21.2. The molecule has 3 aliphatic heterocycles. The molecule has 7 nitrogen and oxygen atoms in total. The van der Waals surface area contributed by atoms with E-state index in [4.69, 9.17) is 16.3 Å². The van der Waals surface area contributed by atoms with Crippen molar-refractivity contribution in [2.24, 2.45) is 11.8 Å². The minimum Gasteiger partial charge on any atom is -0.496 e. The number of nitrogens with zero attached hydrogens (tertiary/aromatic N) is 2. The van der Waals surface area contributed by atoms with Crippen LogP contribution >= 0.6 is 27.5 Å². The molecule has 0 radical (unpaired) electrons. The van der Waals surface area contributed by atoms with Gasteiger partial charge in [-0.25, -0.2) is 4.90 Å². The molecule has 2 amide bonds. The lowest BCUT2D eigenvalue weighted by atomic mass is 9.85. The largest absolute Gasteiger partial charge is 0.496 e. The summed E-state index contributed by atoms with van der Waals surface area (Å²) in [6.45, 7) is 0. The average molecular weight is 618 g/mol. The van der Waals surface area contributed by atoms with Gasteiger partial charge in [0.1, 0.15) is 11.8 Å². The van der Waals surface area contributed by atoms with Crippen LogP contribution in [0.4, 0.5) is 5.69 Å². The van der Waals surface area contributed by atoms with E-state index in [0.29, 0.717) is 26.9 Å². The summed E-state index contributed by atoms with van der Waals surface area (Å²) in [6.07, 6.45) is 4.99. The molecule has 3 aromatic rings. The van der Waals surface area contributed by atoms with Crippen LogP contribution in [0.3, 0.4) is 0 Å². The van der Waals surface area contributed by atoms with Gasteiger partial charge >= 0.3 is 0 Å². The van der Waals surface area contributed by atoms with E-state index in [1.54, 1.807) is 90.0 Å². The molecule has 4 atom stereocenters. The first-order valence-corrected chi connectivity index (χ1v) is 13.8. The van der Waals surface area contributed by atoms with E-state index in [-0.39, 0.29) is 22.3 Å². The molecule has 2 fully saturated rings. The normalized spacial score (nSPS) is 23.1. The van der Waals surface area contributed by atoms with Crippen molar-refractivity contribution in [2.75, 3.05) is 12.0 Å². The van der Waals surface area contributed by atoms with Gasteiger partial charge in [0.2, 0.25) is 11.8 Å². The van der Waals surface area contributed by atoms with Gasteiger partial charge in [0, 0.05) is 22.9 Å². The molecule has 40 heavy (non-hydrogen) atoms. The standard InChI is InChI=1S/C31H22BrClN2O5/c1-40-24-12-11-18(15-20(24)32)29(37)27-26-25(30(38)35(31(26)39)22-10-6-5-9-21(22)33)23-16-19(13-14-34(23)27)28(36)17-7-3-2-4-8-17/h2-16,23,25-27H,1H3. The Kier molecular flexibility index (Phi) is 6.68. The number of carbonyl (C=O) groups is 4. The number of ether oxygens (including phenoxy) is 1. The smallest absolute Gasteiger partial charge is 0.240 e. The number of carbonyl (C=O) groups excluding carboxylic acids is 4. The number of rotatable bonds is 6. The summed E-state index contributed by atoms with van der Waals surface area (Å²) in [5, 5.41) is 0.252. The average Bonchev–Trinajstić information content (AvgIpc) is 3.44. The lowest BCUT2D eigenvalue weighted by Crippen LogP contribution is -2.46. The van der Waals surface area contributed by atoms with Crippen LogP contribution in [-0.2, 0) is 9.59 Å². The lowest BCUT2D eigenvalue weighted by molar-refractivity contribution is -0.123. The van der Waals surface area contributed by atoms with Crippen LogP contribution in [0.5, 0.6) is 5.75 Å². The van der Waals surface area contributed by atoms with Gasteiger partial charge in [-0.15, -0.1) is 0 Å². The van der Waals surface area contributed by atoms with Gasteiger partial charge in [0.15, 0.2) is 11.6 Å². The molecule has 3 aromatic carbocycles. The van der Waals surface area contributed by atoms with E-state index in [0.717, 1.165) is 4.90 Å². The predicted molar refractivity (Wildman–Crippen MR) is 153 cm³/mol. The Morgan fingerprint density at radius 3 is 2.30 bits per heavy atom. The van der Waals surface area contributed by atoms with Crippen molar-refractivity contribution in [3.8, 4) is 5.75 Å². The maximum Gasteiger partial charge on any atom is 0.240 e. The maximum atomic E-state index is 14.1. The second kappa shape index (κ2) is 10.2. The monoisotopic (exact) mass is 616 g/mol. The first-order valence-electron chi connectivity index (χ1n) is 12.6. The van der Waals surface area contributed by atoms with Crippen molar-refractivity contribution >= 4 is 56.6 Å². The number of para-hydroxylation sites is 1. The number of amides is 2. The van der Waals surface area contributed by atoms with Gasteiger partial charge in [-0.1, -0.05) is 60.1 Å². The number of Topliss-reactive ketones (excluding diaryl/α,β-unsaturated/α-hetero) is 2. The first kappa shape index (κ1) is 26.2. The van der Waals surface area contributed by atoms with Crippen molar-refractivity contribution < 1.29 is 23.9 Å². The number of halogens is 2. The highest BCUT2D eigenvalue weighted by atomic mass is 79.9. The van der Waals surface area contributed by atoms with Crippen LogP contribution in [0.2, 0.25) is 5.02 Å². The zero-order chi connectivity index (χ0) is 28.1. The molecule has 3 aliphatic rings. The number of imide groups is 1. The fourth-order valence-corrected chi connectivity index (χ4v) is 6.58.